The van der Waals surface area contributed by atoms with Crippen LogP contribution in [0.4, 0.5) is 11.8 Å². The zero-order valence-electron chi connectivity index (χ0n) is 12.7. The minimum absolute atomic E-state index is 0.392. The summed E-state index contributed by atoms with van der Waals surface area (Å²) in [5.74, 6) is 1.16. The minimum atomic E-state index is -3.26. The van der Waals surface area contributed by atoms with Crippen LogP contribution in [0.15, 0.2) is 10.7 Å². The molecule has 120 valence electrons. The van der Waals surface area contributed by atoms with Crippen LogP contribution in [-0.2, 0) is 10.0 Å². The molecule has 0 bridgehead atoms. The highest BCUT2D eigenvalue weighted by Gasteiger charge is 2.22. The van der Waals surface area contributed by atoms with Crippen molar-refractivity contribution in [1.82, 2.24) is 14.7 Å². The standard InChI is InChI=1S/C12H22BrN5O2S/c1-5-6-14-11-15-7-9(13)10(17-11)16-8-12(2,3)18-21(4,19)20/h7,18H,5-6,8H2,1-4H3,(H2,14,15,16,17). The summed E-state index contributed by atoms with van der Waals surface area (Å²) < 4.78 is 25.9. The largest absolute Gasteiger partial charge is 0.367 e. The lowest BCUT2D eigenvalue weighted by Crippen LogP contribution is -2.47. The lowest BCUT2D eigenvalue weighted by molar-refractivity contribution is 0.476. The zero-order chi connectivity index (χ0) is 16.1. The van der Waals surface area contributed by atoms with Crippen molar-refractivity contribution >= 4 is 37.7 Å². The van der Waals surface area contributed by atoms with Crippen LogP contribution >= 0.6 is 15.9 Å². The number of rotatable bonds is 8. The Kier molecular flexibility index (Phi) is 6.36. The summed E-state index contributed by atoms with van der Waals surface area (Å²) in [6.45, 7) is 6.84. The van der Waals surface area contributed by atoms with Crippen LogP contribution in [0.5, 0.6) is 0 Å². The zero-order valence-corrected chi connectivity index (χ0v) is 15.1. The van der Waals surface area contributed by atoms with Gasteiger partial charge in [0.25, 0.3) is 0 Å². The van der Waals surface area contributed by atoms with Gasteiger partial charge in [-0.05, 0) is 36.2 Å². The van der Waals surface area contributed by atoms with E-state index in [0.717, 1.165) is 23.7 Å². The molecule has 0 atom stereocenters. The summed E-state index contributed by atoms with van der Waals surface area (Å²) in [6.07, 6.45) is 3.78. The van der Waals surface area contributed by atoms with Crippen molar-refractivity contribution < 1.29 is 8.42 Å². The number of aromatic nitrogens is 2. The van der Waals surface area contributed by atoms with Crippen LogP contribution in [0.2, 0.25) is 0 Å². The third kappa shape index (κ3) is 7.05. The second kappa shape index (κ2) is 7.37. The highest BCUT2D eigenvalue weighted by molar-refractivity contribution is 9.10. The van der Waals surface area contributed by atoms with Gasteiger partial charge in [0.15, 0.2) is 0 Å². The normalized spacial score (nSPS) is 12.2. The molecule has 3 N–H and O–H groups in total. The van der Waals surface area contributed by atoms with E-state index in [-0.39, 0.29) is 0 Å². The molecule has 0 saturated heterocycles. The Morgan fingerprint density at radius 1 is 1.33 bits per heavy atom. The van der Waals surface area contributed by atoms with Gasteiger partial charge in [0.1, 0.15) is 5.82 Å². The SMILES string of the molecule is CCCNc1ncc(Br)c(NCC(C)(C)NS(C)(=O)=O)n1. The van der Waals surface area contributed by atoms with Crippen molar-refractivity contribution in [2.75, 3.05) is 30.0 Å². The van der Waals surface area contributed by atoms with E-state index in [4.69, 9.17) is 0 Å². The third-order valence-corrected chi connectivity index (χ3v) is 3.94. The average Bonchev–Trinajstić information content (AvgIpc) is 2.33. The molecule has 7 nitrogen and oxygen atoms in total. The van der Waals surface area contributed by atoms with Crippen molar-refractivity contribution in [3.63, 3.8) is 0 Å². The smallest absolute Gasteiger partial charge is 0.224 e. The third-order valence-electron chi connectivity index (χ3n) is 2.44. The van der Waals surface area contributed by atoms with Crippen LogP contribution in [0, 0.1) is 0 Å². The van der Waals surface area contributed by atoms with E-state index >= 15 is 0 Å². The van der Waals surface area contributed by atoms with E-state index in [1.807, 2.05) is 0 Å². The number of nitrogens with zero attached hydrogens (tertiary/aromatic N) is 2. The Morgan fingerprint density at radius 3 is 2.57 bits per heavy atom. The maximum absolute atomic E-state index is 11.3. The lowest BCUT2D eigenvalue weighted by atomic mass is 10.1. The Hall–Kier alpha value is -0.930. The predicted molar refractivity (Wildman–Crippen MR) is 89.1 cm³/mol. The van der Waals surface area contributed by atoms with Gasteiger partial charge in [0, 0.05) is 24.8 Å². The maximum Gasteiger partial charge on any atom is 0.224 e. The molecule has 0 saturated carbocycles. The number of anilines is 2. The first-order valence-corrected chi connectivity index (χ1v) is 9.30. The molecule has 0 spiro atoms. The van der Waals surface area contributed by atoms with Gasteiger partial charge in [0.2, 0.25) is 16.0 Å². The molecule has 1 aromatic heterocycles. The van der Waals surface area contributed by atoms with Gasteiger partial charge in [-0.2, -0.15) is 4.98 Å². The summed E-state index contributed by atoms with van der Waals surface area (Å²) in [6, 6.07) is 0. The van der Waals surface area contributed by atoms with E-state index in [9.17, 15) is 8.42 Å². The first-order chi connectivity index (χ1) is 9.63. The Morgan fingerprint density at radius 2 is 2.00 bits per heavy atom. The van der Waals surface area contributed by atoms with Crippen molar-refractivity contribution in [3.05, 3.63) is 10.7 Å². The van der Waals surface area contributed by atoms with Gasteiger partial charge < -0.3 is 10.6 Å². The summed E-state index contributed by atoms with van der Waals surface area (Å²) in [5, 5.41) is 6.23. The minimum Gasteiger partial charge on any atom is -0.367 e. The van der Waals surface area contributed by atoms with E-state index in [1.54, 1.807) is 20.0 Å². The molecule has 1 heterocycles. The van der Waals surface area contributed by atoms with E-state index in [0.29, 0.717) is 18.3 Å². The highest BCUT2D eigenvalue weighted by Crippen LogP contribution is 2.21. The fourth-order valence-corrected chi connectivity index (χ4v) is 3.06. The number of nitrogens with one attached hydrogen (secondary N) is 3. The molecular weight excluding hydrogens is 358 g/mol. The molecule has 0 aliphatic carbocycles. The number of hydrogen-bond acceptors (Lipinski definition) is 6. The molecule has 1 rings (SSSR count). The molecule has 0 amide bonds. The fraction of sp³-hybridized carbons (Fsp3) is 0.667. The first kappa shape index (κ1) is 18.1. The second-order valence-electron chi connectivity index (χ2n) is 5.43. The van der Waals surface area contributed by atoms with Crippen molar-refractivity contribution in [2.45, 2.75) is 32.7 Å². The van der Waals surface area contributed by atoms with E-state index in [1.165, 1.54) is 0 Å². The molecule has 0 aliphatic rings. The van der Waals surface area contributed by atoms with Gasteiger partial charge in [-0.15, -0.1) is 0 Å². The second-order valence-corrected chi connectivity index (χ2v) is 8.03. The van der Waals surface area contributed by atoms with Gasteiger partial charge >= 0.3 is 0 Å². The van der Waals surface area contributed by atoms with Gasteiger partial charge in [0.05, 0.1) is 10.7 Å². The maximum atomic E-state index is 11.3. The van der Waals surface area contributed by atoms with Crippen LogP contribution in [0.25, 0.3) is 0 Å². The first-order valence-electron chi connectivity index (χ1n) is 6.62. The molecule has 0 aliphatic heterocycles. The molecule has 21 heavy (non-hydrogen) atoms. The quantitative estimate of drug-likeness (QED) is 0.637. The Labute approximate surface area is 134 Å². The van der Waals surface area contributed by atoms with Gasteiger partial charge in [-0.1, -0.05) is 6.92 Å². The van der Waals surface area contributed by atoms with Crippen LogP contribution in [0.3, 0.4) is 0 Å². The molecule has 0 unspecified atom stereocenters. The number of halogens is 1. The van der Waals surface area contributed by atoms with E-state index in [2.05, 4.69) is 48.2 Å². The molecular formula is C12H22BrN5O2S. The van der Waals surface area contributed by atoms with Crippen LogP contribution in [-0.4, -0.2) is 43.3 Å². The summed E-state index contributed by atoms with van der Waals surface area (Å²) in [4.78, 5) is 8.51. The van der Waals surface area contributed by atoms with Gasteiger partial charge in [-0.25, -0.2) is 18.1 Å². The van der Waals surface area contributed by atoms with Crippen LogP contribution in [0.1, 0.15) is 27.2 Å². The van der Waals surface area contributed by atoms with E-state index < -0.39 is 15.6 Å². The number of hydrogen-bond donors (Lipinski definition) is 3. The molecule has 0 radical (unpaired) electrons. The van der Waals surface area contributed by atoms with Gasteiger partial charge in [-0.3, -0.25) is 0 Å². The Bertz CT molecular complexity index is 577. The molecule has 1 aromatic rings. The summed E-state index contributed by atoms with van der Waals surface area (Å²) >= 11 is 3.37. The lowest BCUT2D eigenvalue weighted by Gasteiger charge is -2.25. The molecule has 9 heteroatoms. The molecule has 0 fully saturated rings. The predicted octanol–water partition coefficient (Wildman–Crippen LogP) is 1.80. The fourth-order valence-electron chi connectivity index (χ4n) is 1.66. The Balaban J connectivity index is 2.74. The van der Waals surface area contributed by atoms with Crippen LogP contribution < -0.4 is 15.4 Å². The van der Waals surface area contributed by atoms with Crippen molar-refractivity contribution in [1.29, 1.82) is 0 Å². The van der Waals surface area contributed by atoms with Crippen molar-refractivity contribution in [2.24, 2.45) is 0 Å². The average molecular weight is 380 g/mol. The monoisotopic (exact) mass is 379 g/mol. The number of sulfonamides is 1. The van der Waals surface area contributed by atoms with Crippen molar-refractivity contribution in [3.8, 4) is 0 Å². The highest BCUT2D eigenvalue weighted by atomic mass is 79.9. The molecule has 0 aromatic carbocycles. The topological polar surface area (TPSA) is 96.0 Å². The summed E-state index contributed by atoms with van der Waals surface area (Å²) in [7, 11) is -3.26. The summed E-state index contributed by atoms with van der Waals surface area (Å²) in [5.41, 5.74) is -0.630.